The van der Waals surface area contributed by atoms with Crippen LogP contribution in [0.3, 0.4) is 0 Å². The van der Waals surface area contributed by atoms with Crippen molar-refractivity contribution >= 4 is 34.1 Å². The summed E-state index contributed by atoms with van der Waals surface area (Å²) in [5, 5.41) is 8.77. The van der Waals surface area contributed by atoms with E-state index < -0.39 is 11.5 Å². The number of halogens is 1. The number of carboxylic acids is 1. The first kappa shape index (κ1) is 13.7. The molecule has 0 spiro atoms. The number of hydrogen-bond donors (Lipinski definition) is 2. The van der Waals surface area contributed by atoms with E-state index in [1.165, 1.54) is 10.8 Å². The molecule has 98 valence electrons. The number of aliphatic carboxylic acids is 1. The zero-order valence-electron chi connectivity index (χ0n) is 9.59. The van der Waals surface area contributed by atoms with Crippen molar-refractivity contribution in [2.24, 2.45) is 0 Å². The molecule has 1 heterocycles. The minimum absolute atomic E-state index is 0.154. The van der Waals surface area contributed by atoms with E-state index in [4.69, 9.17) is 17.3 Å². The lowest BCUT2D eigenvalue weighted by Gasteiger charge is -2.08. The van der Waals surface area contributed by atoms with Crippen LogP contribution in [0.5, 0.6) is 0 Å². The van der Waals surface area contributed by atoms with Gasteiger partial charge in [0, 0.05) is 16.2 Å². The molecular formula is C12H9BrN2O3S. The minimum atomic E-state index is -1.07. The first-order valence-electron chi connectivity index (χ1n) is 5.30. The van der Waals surface area contributed by atoms with Gasteiger partial charge in [0.2, 0.25) is 0 Å². The second-order valence-corrected chi connectivity index (χ2v) is 5.11. The van der Waals surface area contributed by atoms with Gasteiger partial charge in [-0.05, 0) is 30.4 Å². The van der Waals surface area contributed by atoms with E-state index in [0.717, 1.165) is 4.47 Å². The number of aromatic amines is 1. The normalized spacial score (nSPS) is 10.4. The summed E-state index contributed by atoms with van der Waals surface area (Å²) in [6.07, 6.45) is 0.992. The van der Waals surface area contributed by atoms with Crippen molar-refractivity contribution in [3.63, 3.8) is 0 Å². The van der Waals surface area contributed by atoms with Crippen molar-refractivity contribution in [2.45, 2.75) is 6.42 Å². The highest BCUT2D eigenvalue weighted by Gasteiger charge is 2.10. The van der Waals surface area contributed by atoms with Crippen molar-refractivity contribution in [1.29, 1.82) is 0 Å². The number of hydrogen-bond acceptors (Lipinski definition) is 3. The number of carbonyl (C=O) groups is 1. The maximum atomic E-state index is 12.2. The van der Waals surface area contributed by atoms with Crippen molar-refractivity contribution in [2.75, 3.05) is 0 Å². The zero-order valence-corrected chi connectivity index (χ0v) is 12.0. The molecule has 0 amide bonds. The van der Waals surface area contributed by atoms with Gasteiger partial charge in [0.1, 0.15) is 0 Å². The van der Waals surface area contributed by atoms with Crippen LogP contribution in [-0.4, -0.2) is 20.6 Å². The van der Waals surface area contributed by atoms with Gasteiger partial charge in [-0.3, -0.25) is 14.2 Å². The molecule has 2 rings (SSSR count). The van der Waals surface area contributed by atoms with E-state index in [-0.39, 0.29) is 16.8 Å². The predicted octanol–water partition coefficient (Wildman–Crippen LogP) is 2.28. The Balaban J connectivity index is 2.66. The molecule has 0 fully saturated rings. The highest BCUT2D eigenvalue weighted by molar-refractivity contribution is 9.10. The molecule has 0 bridgehead atoms. The van der Waals surface area contributed by atoms with Gasteiger partial charge in [-0.25, -0.2) is 0 Å². The molecular weight excluding hydrogens is 332 g/mol. The molecule has 0 radical (unpaired) electrons. The largest absolute Gasteiger partial charge is 0.481 e. The molecule has 0 unspecified atom stereocenters. The van der Waals surface area contributed by atoms with Crippen LogP contribution < -0.4 is 5.56 Å². The van der Waals surface area contributed by atoms with Gasteiger partial charge in [-0.2, -0.15) is 0 Å². The summed E-state index contributed by atoms with van der Waals surface area (Å²) >= 11 is 8.40. The highest BCUT2D eigenvalue weighted by Crippen LogP contribution is 2.14. The smallest absolute Gasteiger partial charge is 0.308 e. The number of carboxylic acid groups (broad SMARTS) is 1. The van der Waals surface area contributed by atoms with Crippen LogP contribution in [0.1, 0.15) is 5.56 Å². The summed E-state index contributed by atoms with van der Waals surface area (Å²) in [5.41, 5.74) is 0.304. The monoisotopic (exact) mass is 340 g/mol. The Morgan fingerprint density at radius 1 is 1.47 bits per heavy atom. The molecule has 0 atom stereocenters. The Hall–Kier alpha value is -1.73. The highest BCUT2D eigenvalue weighted by atomic mass is 79.9. The molecule has 0 saturated carbocycles. The van der Waals surface area contributed by atoms with E-state index >= 15 is 0 Å². The lowest BCUT2D eigenvalue weighted by molar-refractivity contribution is -0.136. The number of nitrogens with one attached hydrogen (secondary N) is 1. The minimum Gasteiger partial charge on any atom is -0.481 e. The van der Waals surface area contributed by atoms with Crippen LogP contribution in [-0.2, 0) is 11.2 Å². The Bertz CT molecular complexity index is 751. The van der Waals surface area contributed by atoms with Crippen molar-refractivity contribution in [1.82, 2.24) is 9.55 Å². The third-order valence-corrected chi connectivity index (χ3v) is 3.25. The summed E-state index contributed by atoms with van der Waals surface area (Å²) in [7, 11) is 0. The molecule has 1 aromatic heterocycles. The van der Waals surface area contributed by atoms with E-state index in [9.17, 15) is 9.59 Å². The van der Waals surface area contributed by atoms with Gasteiger partial charge < -0.3 is 10.1 Å². The number of aromatic nitrogens is 2. The third-order valence-electron chi connectivity index (χ3n) is 2.46. The first-order chi connectivity index (χ1) is 8.99. The van der Waals surface area contributed by atoms with Gasteiger partial charge in [-0.15, -0.1) is 0 Å². The molecule has 0 aliphatic carbocycles. The fraction of sp³-hybridized carbons (Fsp3) is 0.0833. The number of nitrogens with zero attached hydrogens (tertiary/aromatic N) is 1. The molecule has 5 nitrogen and oxygen atoms in total. The average molecular weight is 341 g/mol. The maximum absolute atomic E-state index is 12.2. The predicted molar refractivity (Wildman–Crippen MR) is 76.3 cm³/mol. The lowest BCUT2D eigenvalue weighted by Crippen LogP contribution is -2.25. The second kappa shape index (κ2) is 5.50. The van der Waals surface area contributed by atoms with E-state index in [1.54, 1.807) is 18.2 Å². The fourth-order valence-corrected chi connectivity index (χ4v) is 2.28. The number of rotatable bonds is 3. The van der Waals surface area contributed by atoms with Crippen LogP contribution in [0, 0.1) is 4.77 Å². The van der Waals surface area contributed by atoms with Crippen LogP contribution in [0.15, 0.2) is 39.7 Å². The quantitative estimate of drug-likeness (QED) is 0.840. The molecule has 0 aliphatic rings. The van der Waals surface area contributed by atoms with Crippen LogP contribution in [0.4, 0.5) is 0 Å². The van der Waals surface area contributed by atoms with E-state index in [2.05, 4.69) is 20.9 Å². The molecule has 0 aliphatic heterocycles. The fourth-order valence-electron chi connectivity index (χ4n) is 1.65. The molecule has 1 aromatic carbocycles. The Morgan fingerprint density at radius 3 is 2.84 bits per heavy atom. The standard InChI is InChI=1S/C12H9BrN2O3S/c13-8-2-1-3-9(5-8)15-11(18)7(4-10(16)17)6-14-12(15)19/h1-3,5-6H,4H2,(H,14,19)(H,16,17). The van der Waals surface area contributed by atoms with Crippen molar-refractivity contribution in [3.05, 3.63) is 55.6 Å². The maximum Gasteiger partial charge on any atom is 0.308 e. The lowest BCUT2D eigenvalue weighted by atomic mass is 10.2. The summed E-state index contributed by atoms with van der Waals surface area (Å²) in [5.74, 6) is -1.07. The average Bonchev–Trinajstić information content (AvgIpc) is 2.33. The molecule has 2 aromatic rings. The van der Waals surface area contributed by atoms with Gasteiger partial charge in [-0.1, -0.05) is 22.0 Å². The molecule has 2 N–H and O–H groups in total. The Labute approximate surface area is 121 Å². The van der Waals surface area contributed by atoms with Gasteiger partial charge >= 0.3 is 5.97 Å². The Morgan fingerprint density at radius 2 is 2.21 bits per heavy atom. The first-order valence-corrected chi connectivity index (χ1v) is 6.50. The van der Waals surface area contributed by atoms with Crippen molar-refractivity contribution < 1.29 is 9.90 Å². The van der Waals surface area contributed by atoms with Gasteiger partial charge in [0.05, 0.1) is 12.1 Å². The molecule has 0 saturated heterocycles. The molecule has 19 heavy (non-hydrogen) atoms. The summed E-state index contributed by atoms with van der Waals surface area (Å²) in [6.45, 7) is 0. The van der Waals surface area contributed by atoms with E-state index in [1.807, 2.05) is 6.07 Å². The molecule has 7 heteroatoms. The SMILES string of the molecule is O=C(O)Cc1c[nH]c(=S)n(-c2cccc(Br)c2)c1=O. The number of H-pyrrole nitrogens is 1. The second-order valence-electron chi connectivity index (χ2n) is 3.81. The Kier molecular flexibility index (Phi) is 3.96. The van der Waals surface area contributed by atoms with E-state index in [0.29, 0.717) is 5.69 Å². The topological polar surface area (TPSA) is 75.1 Å². The van der Waals surface area contributed by atoms with Crippen LogP contribution >= 0.6 is 28.1 Å². The van der Waals surface area contributed by atoms with Gasteiger partial charge in [0.25, 0.3) is 5.56 Å². The van der Waals surface area contributed by atoms with Gasteiger partial charge in [0.15, 0.2) is 4.77 Å². The van der Waals surface area contributed by atoms with Crippen LogP contribution in [0.2, 0.25) is 0 Å². The summed E-state index contributed by atoms with van der Waals surface area (Å²) in [6, 6.07) is 7.04. The third kappa shape index (κ3) is 2.99. The number of benzene rings is 1. The van der Waals surface area contributed by atoms with Crippen molar-refractivity contribution in [3.8, 4) is 5.69 Å². The summed E-state index contributed by atoms with van der Waals surface area (Å²) < 4.78 is 2.30. The van der Waals surface area contributed by atoms with Crippen LogP contribution in [0.25, 0.3) is 5.69 Å². The summed E-state index contributed by atoms with van der Waals surface area (Å²) in [4.78, 5) is 25.7. The zero-order chi connectivity index (χ0) is 14.0.